The van der Waals surface area contributed by atoms with E-state index in [4.69, 9.17) is 0 Å². The Bertz CT molecular complexity index is 225. The van der Waals surface area contributed by atoms with E-state index >= 15 is 0 Å². The summed E-state index contributed by atoms with van der Waals surface area (Å²) in [5, 5.41) is 3.42. The van der Waals surface area contributed by atoms with Crippen molar-refractivity contribution in [3.8, 4) is 0 Å². The number of Topliss-reactive ketones (excluding diaryl/α,β-unsaturated/α-hetero) is 1. The minimum Gasteiger partial charge on any atom is -0.316 e. The predicted molar refractivity (Wildman–Crippen MR) is 68.5 cm³/mol. The summed E-state index contributed by atoms with van der Waals surface area (Å²) in [6.45, 7) is 10.7. The van der Waals surface area contributed by atoms with E-state index in [1.165, 1.54) is 12.8 Å². The summed E-state index contributed by atoms with van der Waals surface area (Å²) < 4.78 is 0. The smallest absolute Gasteiger partial charge is 0.141 e. The zero-order chi connectivity index (χ0) is 12.2. The number of carbonyl (C=O) groups excluding carboxylic acids is 1. The van der Waals surface area contributed by atoms with Crippen LogP contribution < -0.4 is 5.32 Å². The molecule has 0 aromatic carbocycles. The summed E-state index contributed by atoms with van der Waals surface area (Å²) in [6.07, 6.45) is 4.38. The number of hydrogen-bond donors (Lipinski definition) is 1. The zero-order valence-electron chi connectivity index (χ0n) is 11.3. The van der Waals surface area contributed by atoms with Crippen LogP contribution in [0.3, 0.4) is 0 Å². The van der Waals surface area contributed by atoms with Crippen molar-refractivity contribution in [3.63, 3.8) is 0 Å². The van der Waals surface area contributed by atoms with Crippen LogP contribution >= 0.6 is 0 Å². The van der Waals surface area contributed by atoms with Crippen LogP contribution in [0.1, 0.15) is 53.4 Å². The number of carbonyl (C=O) groups is 1. The second kappa shape index (κ2) is 5.81. The van der Waals surface area contributed by atoms with Crippen LogP contribution in [0.4, 0.5) is 0 Å². The van der Waals surface area contributed by atoms with Gasteiger partial charge in [0.2, 0.25) is 0 Å². The van der Waals surface area contributed by atoms with Gasteiger partial charge >= 0.3 is 0 Å². The fourth-order valence-corrected chi connectivity index (χ4v) is 2.85. The Hall–Kier alpha value is -0.370. The second-order valence-corrected chi connectivity index (χ2v) is 5.64. The number of rotatable bonds is 5. The number of hydrogen-bond acceptors (Lipinski definition) is 2. The molecule has 0 aromatic rings. The van der Waals surface area contributed by atoms with E-state index in [1.807, 2.05) is 0 Å². The normalized spacial score (nSPS) is 22.4. The summed E-state index contributed by atoms with van der Waals surface area (Å²) >= 11 is 0. The van der Waals surface area contributed by atoms with Gasteiger partial charge in [-0.3, -0.25) is 4.79 Å². The number of nitrogens with one attached hydrogen (secondary N) is 1. The maximum atomic E-state index is 12.5. The average Bonchev–Trinajstić information content (AvgIpc) is 2.31. The number of ketones is 1. The monoisotopic (exact) mass is 225 g/mol. The molecule has 0 spiro atoms. The molecule has 16 heavy (non-hydrogen) atoms. The van der Waals surface area contributed by atoms with Crippen LogP contribution in [0.5, 0.6) is 0 Å². The van der Waals surface area contributed by atoms with Crippen molar-refractivity contribution < 1.29 is 4.79 Å². The minimum absolute atomic E-state index is 0.149. The highest BCUT2D eigenvalue weighted by Gasteiger charge is 2.39. The molecule has 1 atom stereocenters. The van der Waals surface area contributed by atoms with Gasteiger partial charge in [-0.1, -0.05) is 27.7 Å². The summed E-state index contributed by atoms with van der Waals surface area (Å²) in [5.74, 6) is 1.26. The van der Waals surface area contributed by atoms with Crippen LogP contribution in [-0.4, -0.2) is 18.9 Å². The molecule has 1 rings (SSSR count). The Balaban J connectivity index is 2.70. The van der Waals surface area contributed by atoms with E-state index < -0.39 is 0 Å². The van der Waals surface area contributed by atoms with E-state index in [-0.39, 0.29) is 11.3 Å². The topological polar surface area (TPSA) is 29.1 Å². The minimum atomic E-state index is -0.149. The summed E-state index contributed by atoms with van der Waals surface area (Å²) in [5.41, 5.74) is -0.149. The highest BCUT2D eigenvalue weighted by atomic mass is 16.1. The Morgan fingerprint density at radius 3 is 2.44 bits per heavy atom. The molecule has 1 saturated heterocycles. The molecule has 1 unspecified atom stereocenters. The Labute approximate surface area is 100 Å². The van der Waals surface area contributed by atoms with E-state index in [1.54, 1.807) is 0 Å². The molecule has 2 nitrogen and oxygen atoms in total. The summed E-state index contributed by atoms with van der Waals surface area (Å²) in [7, 11) is 0. The SMILES string of the molecule is CCC(CC)C(=O)C(C)(C)C1CCCNC1. The van der Waals surface area contributed by atoms with E-state index in [9.17, 15) is 4.79 Å². The molecule has 0 radical (unpaired) electrons. The Morgan fingerprint density at radius 2 is 2.00 bits per heavy atom. The highest BCUT2D eigenvalue weighted by Crippen LogP contribution is 2.36. The van der Waals surface area contributed by atoms with Gasteiger partial charge in [0.15, 0.2) is 0 Å². The first kappa shape index (κ1) is 13.7. The third-order valence-electron chi connectivity index (χ3n) is 4.31. The van der Waals surface area contributed by atoms with Gasteiger partial charge in [0.25, 0.3) is 0 Å². The lowest BCUT2D eigenvalue weighted by atomic mass is 9.68. The maximum absolute atomic E-state index is 12.5. The van der Waals surface area contributed by atoms with Crippen molar-refractivity contribution in [2.75, 3.05) is 13.1 Å². The van der Waals surface area contributed by atoms with E-state index in [0.29, 0.717) is 11.7 Å². The van der Waals surface area contributed by atoms with Crippen LogP contribution in [0.2, 0.25) is 0 Å². The Morgan fingerprint density at radius 1 is 1.38 bits per heavy atom. The molecule has 0 bridgehead atoms. The Kier molecular flexibility index (Phi) is 4.97. The first-order chi connectivity index (χ1) is 7.54. The summed E-state index contributed by atoms with van der Waals surface area (Å²) in [4.78, 5) is 12.5. The lowest BCUT2D eigenvalue weighted by molar-refractivity contribution is -0.134. The molecule has 1 aliphatic heterocycles. The summed E-state index contributed by atoms with van der Waals surface area (Å²) in [6, 6.07) is 0. The van der Waals surface area contributed by atoms with Crippen molar-refractivity contribution in [3.05, 3.63) is 0 Å². The van der Waals surface area contributed by atoms with E-state index in [2.05, 4.69) is 33.0 Å². The maximum Gasteiger partial charge on any atom is 0.141 e. The molecular formula is C14H27NO. The third kappa shape index (κ3) is 2.85. The molecular weight excluding hydrogens is 198 g/mol. The first-order valence-corrected chi connectivity index (χ1v) is 6.79. The largest absolute Gasteiger partial charge is 0.316 e. The van der Waals surface area contributed by atoms with Gasteiger partial charge in [0.05, 0.1) is 0 Å². The van der Waals surface area contributed by atoms with Crippen molar-refractivity contribution in [2.45, 2.75) is 53.4 Å². The van der Waals surface area contributed by atoms with Crippen molar-refractivity contribution in [1.29, 1.82) is 0 Å². The van der Waals surface area contributed by atoms with Crippen LogP contribution in [-0.2, 0) is 4.79 Å². The molecule has 0 amide bonds. The molecule has 0 saturated carbocycles. The molecule has 0 aromatic heterocycles. The lowest BCUT2D eigenvalue weighted by Crippen LogP contribution is -2.44. The molecule has 1 heterocycles. The lowest BCUT2D eigenvalue weighted by Gasteiger charge is -2.38. The molecule has 1 N–H and O–H groups in total. The number of piperidine rings is 1. The van der Waals surface area contributed by atoms with Gasteiger partial charge in [0.1, 0.15) is 5.78 Å². The fourth-order valence-electron chi connectivity index (χ4n) is 2.85. The van der Waals surface area contributed by atoms with Crippen molar-refractivity contribution in [1.82, 2.24) is 5.32 Å². The van der Waals surface area contributed by atoms with Crippen LogP contribution in [0.15, 0.2) is 0 Å². The van der Waals surface area contributed by atoms with Gasteiger partial charge in [-0.05, 0) is 44.7 Å². The molecule has 94 valence electrons. The fraction of sp³-hybridized carbons (Fsp3) is 0.929. The van der Waals surface area contributed by atoms with Crippen LogP contribution in [0.25, 0.3) is 0 Å². The van der Waals surface area contributed by atoms with Crippen LogP contribution in [0, 0.1) is 17.3 Å². The van der Waals surface area contributed by atoms with Gasteiger partial charge in [-0.2, -0.15) is 0 Å². The second-order valence-electron chi connectivity index (χ2n) is 5.64. The quantitative estimate of drug-likeness (QED) is 0.779. The third-order valence-corrected chi connectivity index (χ3v) is 4.31. The molecule has 1 aliphatic rings. The van der Waals surface area contributed by atoms with E-state index in [0.717, 1.165) is 25.9 Å². The van der Waals surface area contributed by atoms with Gasteiger partial charge in [0, 0.05) is 11.3 Å². The van der Waals surface area contributed by atoms with Gasteiger partial charge in [-0.15, -0.1) is 0 Å². The standard InChI is InChI=1S/C14H27NO/c1-5-11(6-2)13(16)14(3,4)12-8-7-9-15-10-12/h11-12,15H,5-10H2,1-4H3. The van der Waals surface area contributed by atoms with Crippen molar-refractivity contribution in [2.24, 2.45) is 17.3 Å². The van der Waals surface area contributed by atoms with Gasteiger partial charge in [-0.25, -0.2) is 0 Å². The zero-order valence-corrected chi connectivity index (χ0v) is 11.3. The molecule has 2 heteroatoms. The molecule has 0 aliphatic carbocycles. The first-order valence-electron chi connectivity index (χ1n) is 6.79. The predicted octanol–water partition coefficient (Wildman–Crippen LogP) is 3.02. The average molecular weight is 225 g/mol. The highest BCUT2D eigenvalue weighted by molar-refractivity contribution is 5.86. The van der Waals surface area contributed by atoms with Gasteiger partial charge < -0.3 is 5.32 Å². The van der Waals surface area contributed by atoms with Crippen molar-refractivity contribution >= 4 is 5.78 Å². The molecule has 1 fully saturated rings.